The third-order valence-electron chi connectivity index (χ3n) is 3.44. The van der Waals surface area contributed by atoms with Gasteiger partial charge in [-0.2, -0.15) is 0 Å². The van der Waals surface area contributed by atoms with Gasteiger partial charge >= 0.3 is 0 Å². The Kier molecular flexibility index (Phi) is 5.22. The summed E-state index contributed by atoms with van der Waals surface area (Å²) in [5.74, 6) is -0.225. The molecule has 0 bridgehead atoms. The zero-order valence-electron chi connectivity index (χ0n) is 14.0. The number of rotatable bonds is 4. The second-order valence-electron chi connectivity index (χ2n) is 5.30. The van der Waals surface area contributed by atoms with E-state index >= 15 is 0 Å². The van der Waals surface area contributed by atoms with E-state index in [1.807, 2.05) is 0 Å². The van der Waals surface area contributed by atoms with E-state index in [0.717, 1.165) is 0 Å². The van der Waals surface area contributed by atoms with Crippen LogP contribution in [0.1, 0.15) is 16.4 Å². The first kappa shape index (κ1) is 18.2. The Balaban J connectivity index is 1.98. The maximum absolute atomic E-state index is 13.8. The molecule has 0 atom stereocenters. The topological polar surface area (TPSA) is 167 Å². The molecular weight excluding hydrogens is 369 g/mol. The van der Waals surface area contributed by atoms with E-state index in [-0.39, 0.29) is 47.2 Å². The van der Waals surface area contributed by atoms with Gasteiger partial charge in [-0.3, -0.25) is 4.99 Å². The fraction of sp³-hybridized carbons (Fsp3) is 0.0625. The summed E-state index contributed by atoms with van der Waals surface area (Å²) >= 11 is 1.31. The van der Waals surface area contributed by atoms with Gasteiger partial charge in [-0.1, -0.05) is 18.2 Å². The molecule has 0 saturated heterocycles. The fourth-order valence-electron chi connectivity index (χ4n) is 2.05. The lowest BCUT2D eigenvalue weighted by Gasteiger charge is -2.06. The number of aliphatic imine (C=N–C) groups is 2. The number of nitrogens with zero attached hydrogens (tertiary/aromatic N) is 5. The zero-order valence-corrected chi connectivity index (χ0v) is 14.8. The Morgan fingerprint density at radius 1 is 1.11 bits per heavy atom. The fourth-order valence-corrected chi connectivity index (χ4v) is 2.64. The van der Waals surface area contributed by atoms with Crippen molar-refractivity contribution in [2.24, 2.45) is 15.7 Å². The lowest BCUT2D eigenvalue weighted by Crippen LogP contribution is -2.21. The number of nitrogens with two attached hydrogens (primary N) is 4. The van der Waals surface area contributed by atoms with Gasteiger partial charge in [0, 0.05) is 17.1 Å². The number of nitrogen functional groups attached to an aromatic ring is 3. The van der Waals surface area contributed by atoms with Crippen molar-refractivity contribution in [3.05, 3.63) is 58.1 Å². The largest absolute Gasteiger partial charge is 0.393 e. The number of thiazole rings is 1. The Morgan fingerprint density at radius 2 is 1.81 bits per heavy atom. The van der Waals surface area contributed by atoms with Crippen LogP contribution in [0.25, 0.3) is 0 Å². The molecule has 11 heteroatoms. The Labute approximate surface area is 157 Å². The first-order valence-electron chi connectivity index (χ1n) is 7.66. The normalized spacial score (nSPS) is 12.3. The molecule has 138 valence electrons. The highest BCUT2D eigenvalue weighted by Gasteiger charge is 2.13. The monoisotopic (exact) mass is 385 g/mol. The quantitative estimate of drug-likeness (QED) is 0.386. The SMILES string of the molecule is NC(=NC(=NCc1ccccc1F)c1nccs1)c1nc(N)c(N)c(N)n1. The molecule has 2 aromatic heterocycles. The summed E-state index contributed by atoms with van der Waals surface area (Å²) in [5.41, 5.74) is 23.5. The van der Waals surface area contributed by atoms with Crippen LogP contribution in [0.3, 0.4) is 0 Å². The highest BCUT2D eigenvalue weighted by atomic mass is 32.1. The minimum Gasteiger partial charge on any atom is -0.393 e. The van der Waals surface area contributed by atoms with Crippen LogP contribution >= 0.6 is 11.3 Å². The maximum atomic E-state index is 13.8. The minimum atomic E-state index is -0.362. The van der Waals surface area contributed by atoms with Crippen molar-refractivity contribution in [3.8, 4) is 0 Å². The number of hydrogen-bond acceptors (Lipinski definition) is 8. The van der Waals surface area contributed by atoms with Gasteiger partial charge in [0.1, 0.15) is 11.5 Å². The Bertz CT molecular complexity index is 991. The van der Waals surface area contributed by atoms with Crippen LogP contribution in [0.4, 0.5) is 21.7 Å². The van der Waals surface area contributed by atoms with E-state index < -0.39 is 0 Å². The maximum Gasteiger partial charge on any atom is 0.199 e. The average molecular weight is 385 g/mol. The van der Waals surface area contributed by atoms with Gasteiger partial charge in [0.2, 0.25) is 0 Å². The molecular formula is C16H16FN9S. The van der Waals surface area contributed by atoms with Crippen LogP contribution in [0.5, 0.6) is 0 Å². The number of benzene rings is 1. The summed E-state index contributed by atoms with van der Waals surface area (Å²) in [6.07, 6.45) is 1.60. The molecule has 3 aromatic rings. The molecule has 2 heterocycles. The molecule has 0 aliphatic carbocycles. The van der Waals surface area contributed by atoms with Crippen molar-refractivity contribution < 1.29 is 4.39 Å². The first-order chi connectivity index (χ1) is 13.0. The van der Waals surface area contributed by atoms with Crippen molar-refractivity contribution in [2.75, 3.05) is 17.2 Å². The molecule has 27 heavy (non-hydrogen) atoms. The van der Waals surface area contributed by atoms with Crippen molar-refractivity contribution in [1.29, 1.82) is 0 Å². The molecule has 0 radical (unpaired) electrons. The van der Waals surface area contributed by atoms with Crippen molar-refractivity contribution >= 4 is 40.3 Å². The van der Waals surface area contributed by atoms with Gasteiger partial charge in [0.15, 0.2) is 34.1 Å². The average Bonchev–Trinajstić information content (AvgIpc) is 3.18. The number of aromatic nitrogens is 3. The predicted octanol–water partition coefficient (Wildman–Crippen LogP) is 1.17. The van der Waals surface area contributed by atoms with Gasteiger partial charge in [-0.15, -0.1) is 11.3 Å². The number of halogens is 1. The second kappa shape index (κ2) is 7.74. The minimum absolute atomic E-state index is 0.00487. The summed E-state index contributed by atoms with van der Waals surface area (Å²) < 4.78 is 13.8. The molecule has 9 nitrogen and oxygen atoms in total. The van der Waals surface area contributed by atoms with Gasteiger partial charge in [0.05, 0.1) is 6.54 Å². The number of anilines is 3. The first-order valence-corrected chi connectivity index (χ1v) is 8.54. The molecule has 0 fully saturated rings. The third kappa shape index (κ3) is 4.15. The molecule has 0 aliphatic heterocycles. The lowest BCUT2D eigenvalue weighted by molar-refractivity contribution is 0.611. The molecule has 0 aliphatic rings. The number of hydrogen-bond donors (Lipinski definition) is 4. The molecule has 0 spiro atoms. The Morgan fingerprint density at radius 3 is 2.44 bits per heavy atom. The van der Waals surface area contributed by atoms with E-state index in [1.54, 1.807) is 29.8 Å². The zero-order chi connectivity index (χ0) is 19.4. The van der Waals surface area contributed by atoms with Crippen LogP contribution < -0.4 is 22.9 Å². The molecule has 1 aromatic carbocycles. The summed E-state index contributed by atoms with van der Waals surface area (Å²) in [5, 5.41) is 2.26. The second-order valence-corrected chi connectivity index (χ2v) is 6.19. The van der Waals surface area contributed by atoms with Gasteiger partial charge < -0.3 is 22.9 Å². The van der Waals surface area contributed by atoms with Gasteiger partial charge in [-0.05, 0) is 6.07 Å². The standard InChI is InChI=1S/C16H16FN9S/c17-9-4-2-1-3-8(9)7-23-15(16-22-5-6-27-16)26-13(21)14-24-11(19)10(18)12(20)25-14/h1-6H,7,18H2,(H2,21,23,26)(H4,19,20,24,25). The molecule has 8 N–H and O–H groups in total. The van der Waals surface area contributed by atoms with E-state index in [9.17, 15) is 4.39 Å². The summed E-state index contributed by atoms with van der Waals surface area (Å²) in [6.45, 7) is 0.0608. The van der Waals surface area contributed by atoms with Crippen LogP contribution in [-0.4, -0.2) is 26.6 Å². The van der Waals surface area contributed by atoms with Crippen LogP contribution in [-0.2, 0) is 6.54 Å². The van der Waals surface area contributed by atoms with Crippen molar-refractivity contribution in [2.45, 2.75) is 6.54 Å². The third-order valence-corrected chi connectivity index (χ3v) is 4.21. The van der Waals surface area contributed by atoms with Crippen LogP contribution in [0, 0.1) is 5.82 Å². The van der Waals surface area contributed by atoms with E-state index in [4.69, 9.17) is 22.9 Å². The lowest BCUT2D eigenvalue weighted by atomic mass is 10.2. The summed E-state index contributed by atoms with van der Waals surface area (Å²) in [6, 6.07) is 6.32. The molecule has 0 saturated carbocycles. The summed E-state index contributed by atoms with van der Waals surface area (Å²) in [4.78, 5) is 20.7. The molecule has 3 rings (SSSR count). The highest BCUT2D eigenvalue weighted by Crippen LogP contribution is 2.18. The molecule has 0 unspecified atom stereocenters. The smallest absolute Gasteiger partial charge is 0.199 e. The number of amidine groups is 2. The van der Waals surface area contributed by atoms with Gasteiger partial charge in [0.25, 0.3) is 0 Å². The molecule has 0 amide bonds. The van der Waals surface area contributed by atoms with Crippen molar-refractivity contribution in [1.82, 2.24) is 15.0 Å². The van der Waals surface area contributed by atoms with E-state index in [1.165, 1.54) is 17.4 Å². The van der Waals surface area contributed by atoms with Crippen molar-refractivity contribution in [3.63, 3.8) is 0 Å². The van der Waals surface area contributed by atoms with Gasteiger partial charge in [-0.25, -0.2) is 24.3 Å². The predicted molar refractivity (Wildman–Crippen MR) is 105 cm³/mol. The van der Waals surface area contributed by atoms with E-state index in [0.29, 0.717) is 10.6 Å². The highest BCUT2D eigenvalue weighted by molar-refractivity contribution is 7.11. The van der Waals surface area contributed by atoms with E-state index in [2.05, 4.69) is 24.9 Å². The van der Waals surface area contributed by atoms with Crippen LogP contribution in [0.2, 0.25) is 0 Å². The van der Waals surface area contributed by atoms with Crippen LogP contribution in [0.15, 0.2) is 45.8 Å². The summed E-state index contributed by atoms with van der Waals surface area (Å²) in [7, 11) is 0. The Hall–Kier alpha value is -3.60.